The second kappa shape index (κ2) is 7.97. The fourth-order valence-corrected chi connectivity index (χ4v) is 1.26. The first-order valence-corrected chi connectivity index (χ1v) is 5.90. The van der Waals surface area contributed by atoms with Crippen LogP contribution in [0.4, 0.5) is 4.79 Å². The molecule has 0 unspecified atom stereocenters. The Labute approximate surface area is 112 Å². The zero-order chi connectivity index (χ0) is 14.1. The zero-order valence-corrected chi connectivity index (χ0v) is 11.1. The number of esters is 1. The SMILES string of the molecule is COC(=O)CCNC(=O)NCOc1ccc(C)cc1. The molecule has 0 radical (unpaired) electrons. The van der Waals surface area contributed by atoms with Crippen LogP contribution in [0.2, 0.25) is 0 Å². The van der Waals surface area contributed by atoms with Gasteiger partial charge in [-0.15, -0.1) is 0 Å². The topological polar surface area (TPSA) is 76.7 Å². The van der Waals surface area contributed by atoms with Crippen LogP contribution in [0.25, 0.3) is 0 Å². The minimum absolute atomic E-state index is 0.0626. The van der Waals surface area contributed by atoms with Gasteiger partial charge in [-0.25, -0.2) is 4.79 Å². The van der Waals surface area contributed by atoms with E-state index in [0.717, 1.165) is 5.56 Å². The predicted molar refractivity (Wildman–Crippen MR) is 69.8 cm³/mol. The fraction of sp³-hybridized carbons (Fsp3) is 0.385. The van der Waals surface area contributed by atoms with Crippen molar-refractivity contribution in [3.8, 4) is 5.75 Å². The maximum atomic E-state index is 11.3. The maximum absolute atomic E-state index is 11.3. The Bertz CT molecular complexity index is 417. The first-order valence-electron chi connectivity index (χ1n) is 5.90. The molecule has 6 nitrogen and oxygen atoms in total. The molecule has 0 aromatic heterocycles. The Kier molecular flexibility index (Phi) is 6.21. The van der Waals surface area contributed by atoms with Crippen LogP contribution in [-0.4, -0.2) is 32.4 Å². The van der Waals surface area contributed by atoms with Crippen LogP contribution in [0.5, 0.6) is 5.75 Å². The molecule has 104 valence electrons. The third-order valence-corrected chi connectivity index (χ3v) is 2.33. The second-order valence-corrected chi connectivity index (χ2v) is 3.86. The number of methoxy groups -OCH3 is 1. The lowest BCUT2D eigenvalue weighted by Gasteiger charge is -2.09. The van der Waals surface area contributed by atoms with Gasteiger partial charge in [0.25, 0.3) is 0 Å². The van der Waals surface area contributed by atoms with E-state index in [9.17, 15) is 9.59 Å². The number of hydrogen-bond acceptors (Lipinski definition) is 4. The second-order valence-electron chi connectivity index (χ2n) is 3.86. The third-order valence-electron chi connectivity index (χ3n) is 2.33. The average Bonchev–Trinajstić information content (AvgIpc) is 2.41. The lowest BCUT2D eigenvalue weighted by atomic mass is 10.2. The van der Waals surface area contributed by atoms with Gasteiger partial charge in [-0.3, -0.25) is 4.79 Å². The quantitative estimate of drug-likeness (QED) is 0.599. The number of carbonyl (C=O) groups is 2. The first kappa shape index (κ1) is 14.8. The standard InChI is InChI=1S/C13H18N2O4/c1-10-3-5-11(6-4-10)19-9-15-13(17)14-8-7-12(16)18-2/h3-6H,7-9H2,1-2H3,(H2,14,15,17). The van der Waals surface area contributed by atoms with Crippen molar-refractivity contribution >= 4 is 12.0 Å². The molecular formula is C13H18N2O4. The minimum Gasteiger partial charge on any atom is -0.473 e. The monoisotopic (exact) mass is 266 g/mol. The van der Waals surface area contributed by atoms with Gasteiger partial charge >= 0.3 is 12.0 Å². The summed E-state index contributed by atoms with van der Waals surface area (Å²) in [6, 6.07) is 7.10. The Morgan fingerprint density at radius 1 is 1.16 bits per heavy atom. The van der Waals surface area contributed by atoms with Crippen LogP contribution in [-0.2, 0) is 9.53 Å². The van der Waals surface area contributed by atoms with Crippen molar-refractivity contribution in [3.05, 3.63) is 29.8 Å². The molecule has 1 rings (SSSR count). The van der Waals surface area contributed by atoms with Crippen LogP contribution < -0.4 is 15.4 Å². The molecule has 1 aromatic rings. The normalized spacial score (nSPS) is 9.58. The number of nitrogens with one attached hydrogen (secondary N) is 2. The largest absolute Gasteiger partial charge is 0.473 e. The summed E-state index contributed by atoms with van der Waals surface area (Å²) in [5.74, 6) is 0.316. The molecule has 6 heteroatoms. The molecule has 0 aliphatic carbocycles. The van der Waals surface area contributed by atoms with Crippen molar-refractivity contribution in [2.45, 2.75) is 13.3 Å². The molecule has 0 spiro atoms. The van der Waals surface area contributed by atoms with Gasteiger partial charge in [0, 0.05) is 6.54 Å². The van der Waals surface area contributed by atoms with E-state index in [1.807, 2.05) is 31.2 Å². The summed E-state index contributed by atoms with van der Waals surface area (Å²) in [6.45, 7) is 2.27. The lowest BCUT2D eigenvalue weighted by Crippen LogP contribution is -2.38. The van der Waals surface area contributed by atoms with Crippen molar-refractivity contribution in [2.75, 3.05) is 20.4 Å². The van der Waals surface area contributed by atoms with Gasteiger partial charge in [0.05, 0.1) is 13.5 Å². The summed E-state index contributed by atoms with van der Waals surface area (Å²) in [6.07, 6.45) is 0.142. The summed E-state index contributed by atoms with van der Waals surface area (Å²) in [7, 11) is 1.30. The summed E-state index contributed by atoms with van der Waals surface area (Å²) < 4.78 is 9.76. The highest BCUT2D eigenvalue weighted by molar-refractivity contribution is 5.75. The molecule has 0 aliphatic heterocycles. The fourth-order valence-electron chi connectivity index (χ4n) is 1.26. The molecule has 0 heterocycles. The molecule has 2 amide bonds. The number of aryl methyl sites for hydroxylation is 1. The van der Waals surface area contributed by atoms with Crippen LogP contribution in [0.1, 0.15) is 12.0 Å². The number of ether oxygens (including phenoxy) is 2. The molecule has 2 N–H and O–H groups in total. The number of rotatable bonds is 6. The van der Waals surface area contributed by atoms with E-state index in [4.69, 9.17) is 4.74 Å². The van der Waals surface area contributed by atoms with Crippen molar-refractivity contribution in [1.29, 1.82) is 0 Å². The van der Waals surface area contributed by atoms with Gasteiger partial charge in [0.2, 0.25) is 0 Å². The Morgan fingerprint density at radius 3 is 2.47 bits per heavy atom. The van der Waals surface area contributed by atoms with Gasteiger partial charge in [0.15, 0.2) is 6.73 Å². The number of amides is 2. The summed E-state index contributed by atoms with van der Waals surface area (Å²) in [5.41, 5.74) is 1.14. The molecular weight excluding hydrogens is 248 g/mol. The Hall–Kier alpha value is -2.24. The molecule has 0 fully saturated rings. The van der Waals surface area contributed by atoms with Crippen LogP contribution in [0.15, 0.2) is 24.3 Å². The summed E-state index contributed by atoms with van der Waals surface area (Å²) in [5, 5.41) is 5.03. The molecule has 1 aromatic carbocycles. The number of carbonyl (C=O) groups excluding carboxylic acids is 2. The van der Waals surface area contributed by atoms with Crippen LogP contribution in [0, 0.1) is 6.92 Å². The van der Waals surface area contributed by atoms with Gasteiger partial charge in [-0.05, 0) is 19.1 Å². The average molecular weight is 266 g/mol. The van der Waals surface area contributed by atoms with Gasteiger partial charge < -0.3 is 20.1 Å². The summed E-state index contributed by atoms with van der Waals surface area (Å²) >= 11 is 0. The number of urea groups is 1. The van der Waals surface area contributed by atoms with Crippen molar-refractivity contribution in [2.24, 2.45) is 0 Å². The van der Waals surface area contributed by atoms with E-state index in [2.05, 4.69) is 15.4 Å². The van der Waals surface area contributed by atoms with Gasteiger partial charge in [-0.1, -0.05) is 17.7 Å². The molecule has 0 bridgehead atoms. The molecule has 0 saturated carbocycles. The van der Waals surface area contributed by atoms with Gasteiger partial charge in [-0.2, -0.15) is 0 Å². The maximum Gasteiger partial charge on any atom is 0.317 e. The van der Waals surface area contributed by atoms with Crippen LogP contribution >= 0.6 is 0 Å². The smallest absolute Gasteiger partial charge is 0.317 e. The van der Waals surface area contributed by atoms with E-state index in [1.54, 1.807) is 0 Å². The summed E-state index contributed by atoms with van der Waals surface area (Å²) in [4.78, 5) is 22.1. The van der Waals surface area contributed by atoms with Crippen molar-refractivity contribution in [3.63, 3.8) is 0 Å². The predicted octanol–water partition coefficient (Wildman–Crippen LogP) is 1.19. The van der Waals surface area contributed by atoms with E-state index in [0.29, 0.717) is 5.75 Å². The minimum atomic E-state index is -0.393. The molecule has 0 aliphatic rings. The zero-order valence-electron chi connectivity index (χ0n) is 11.1. The molecule has 0 atom stereocenters. The van der Waals surface area contributed by atoms with E-state index >= 15 is 0 Å². The highest BCUT2D eigenvalue weighted by Crippen LogP contribution is 2.10. The lowest BCUT2D eigenvalue weighted by molar-refractivity contribution is -0.140. The molecule has 19 heavy (non-hydrogen) atoms. The van der Waals surface area contributed by atoms with Crippen LogP contribution in [0.3, 0.4) is 0 Å². The van der Waals surface area contributed by atoms with E-state index < -0.39 is 6.03 Å². The number of benzene rings is 1. The number of hydrogen-bond donors (Lipinski definition) is 2. The highest BCUT2D eigenvalue weighted by atomic mass is 16.5. The first-order chi connectivity index (χ1) is 9.11. The Balaban J connectivity index is 2.13. The van der Waals surface area contributed by atoms with E-state index in [1.165, 1.54) is 7.11 Å². The van der Waals surface area contributed by atoms with E-state index in [-0.39, 0.29) is 25.7 Å². The Morgan fingerprint density at radius 2 is 1.84 bits per heavy atom. The van der Waals surface area contributed by atoms with Crippen molar-refractivity contribution < 1.29 is 19.1 Å². The van der Waals surface area contributed by atoms with Crippen molar-refractivity contribution in [1.82, 2.24) is 10.6 Å². The molecule has 0 saturated heterocycles. The van der Waals surface area contributed by atoms with Gasteiger partial charge in [0.1, 0.15) is 5.75 Å². The highest BCUT2D eigenvalue weighted by Gasteiger charge is 2.03. The third kappa shape index (κ3) is 6.30.